The normalized spacial score (nSPS) is 11.9. The van der Waals surface area contributed by atoms with Crippen molar-refractivity contribution < 1.29 is 4.79 Å². The van der Waals surface area contributed by atoms with Crippen LogP contribution >= 0.6 is 11.8 Å². The highest BCUT2D eigenvalue weighted by molar-refractivity contribution is 7.98. The van der Waals surface area contributed by atoms with Gasteiger partial charge in [0.25, 0.3) is 0 Å². The van der Waals surface area contributed by atoms with Crippen molar-refractivity contribution in [2.24, 2.45) is 0 Å². The second kappa shape index (κ2) is 6.29. The van der Waals surface area contributed by atoms with Crippen molar-refractivity contribution >= 4 is 29.3 Å². The number of carbonyl (C=O) groups is 1. The van der Waals surface area contributed by atoms with Crippen LogP contribution in [0.3, 0.4) is 0 Å². The molecule has 0 radical (unpaired) electrons. The van der Waals surface area contributed by atoms with E-state index in [2.05, 4.69) is 20.6 Å². The number of thioether (sulfide) groups is 1. The minimum atomic E-state index is -0.362. The lowest BCUT2D eigenvalue weighted by atomic mass is 10.3. The molecule has 0 aromatic carbocycles. The van der Waals surface area contributed by atoms with Crippen molar-refractivity contribution in [3.05, 3.63) is 6.07 Å². The average molecular weight is 255 g/mol. The second-order valence-electron chi connectivity index (χ2n) is 3.43. The molecule has 6 nitrogen and oxygen atoms in total. The Morgan fingerprint density at radius 2 is 2.29 bits per heavy atom. The summed E-state index contributed by atoms with van der Waals surface area (Å²) >= 11 is 1.40. The summed E-state index contributed by atoms with van der Waals surface area (Å²) in [4.78, 5) is 19.8. The molecule has 4 N–H and O–H groups in total. The van der Waals surface area contributed by atoms with E-state index in [1.165, 1.54) is 11.8 Å². The number of aromatic nitrogens is 2. The van der Waals surface area contributed by atoms with Crippen LogP contribution in [0.15, 0.2) is 11.2 Å². The molecule has 1 aromatic heterocycles. The maximum absolute atomic E-state index is 11.5. The number of anilines is 2. The number of likely N-dealkylation sites (N-methyl/N-ethyl adjacent to an activating group) is 1. The van der Waals surface area contributed by atoms with Crippen LogP contribution < -0.4 is 16.4 Å². The van der Waals surface area contributed by atoms with E-state index in [4.69, 9.17) is 5.73 Å². The lowest BCUT2D eigenvalue weighted by Gasteiger charge is -2.14. The number of nitrogen functional groups attached to an aromatic ring is 1. The summed E-state index contributed by atoms with van der Waals surface area (Å²) in [6, 6.07) is 1.24. The first-order valence-electron chi connectivity index (χ1n) is 5.29. The average Bonchev–Trinajstić information content (AvgIpc) is 2.28. The molecule has 1 rings (SSSR count). The Bertz CT molecular complexity index is 398. The van der Waals surface area contributed by atoms with Crippen LogP contribution in [-0.4, -0.2) is 34.7 Å². The van der Waals surface area contributed by atoms with E-state index in [9.17, 15) is 4.79 Å². The Kier molecular flexibility index (Phi) is 5.02. The molecular weight excluding hydrogens is 238 g/mol. The molecule has 1 amide bonds. The van der Waals surface area contributed by atoms with Crippen LogP contribution in [0.4, 0.5) is 11.6 Å². The van der Waals surface area contributed by atoms with Crippen molar-refractivity contribution in [3.63, 3.8) is 0 Å². The first-order valence-corrected chi connectivity index (χ1v) is 6.52. The molecule has 17 heavy (non-hydrogen) atoms. The van der Waals surface area contributed by atoms with Gasteiger partial charge in [0.05, 0.1) is 0 Å². The van der Waals surface area contributed by atoms with Gasteiger partial charge in [0.15, 0.2) is 5.16 Å². The van der Waals surface area contributed by atoms with Crippen LogP contribution in [0.2, 0.25) is 0 Å². The fourth-order valence-electron chi connectivity index (χ4n) is 1.22. The minimum absolute atomic E-state index is 0.0737. The topological polar surface area (TPSA) is 92.9 Å². The molecule has 0 aliphatic heterocycles. The molecule has 0 aliphatic carbocycles. The largest absolute Gasteiger partial charge is 0.383 e. The molecule has 0 saturated heterocycles. The van der Waals surface area contributed by atoms with Crippen LogP contribution in [-0.2, 0) is 4.79 Å². The monoisotopic (exact) mass is 255 g/mol. The summed E-state index contributed by atoms with van der Waals surface area (Å²) in [5, 5.41) is 6.29. The minimum Gasteiger partial charge on any atom is -0.383 e. The maximum Gasteiger partial charge on any atom is 0.242 e. The fraction of sp³-hybridized carbons (Fsp3) is 0.500. The lowest BCUT2D eigenvalue weighted by Crippen LogP contribution is -2.37. The fourth-order valence-corrected chi connectivity index (χ4v) is 1.61. The Morgan fingerprint density at radius 3 is 2.88 bits per heavy atom. The van der Waals surface area contributed by atoms with Crippen molar-refractivity contribution in [1.82, 2.24) is 15.3 Å². The first kappa shape index (κ1) is 13.6. The van der Waals surface area contributed by atoms with Gasteiger partial charge in [-0.3, -0.25) is 4.79 Å². The van der Waals surface area contributed by atoms with Crippen molar-refractivity contribution in [2.45, 2.75) is 25.0 Å². The van der Waals surface area contributed by atoms with E-state index < -0.39 is 0 Å². The molecule has 1 aromatic rings. The number of amides is 1. The molecule has 1 heterocycles. The molecule has 0 saturated carbocycles. The standard InChI is InChI=1S/C10H17N5OS/c1-4-12-9(16)6(2)13-8-5-7(11)14-10(15-8)17-3/h5-6H,4H2,1-3H3,(H,12,16)(H3,11,13,14,15). The van der Waals surface area contributed by atoms with E-state index >= 15 is 0 Å². The summed E-state index contributed by atoms with van der Waals surface area (Å²) in [5.74, 6) is 0.867. The van der Waals surface area contributed by atoms with E-state index in [1.807, 2.05) is 13.2 Å². The molecular formula is C10H17N5OS. The zero-order chi connectivity index (χ0) is 12.8. The van der Waals surface area contributed by atoms with Gasteiger partial charge in [-0.25, -0.2) is 9.97 Å². The third kappa shape index (κ3) is 4.10. The molecule has 7 heteroatoms. The molecule has 0 spiro atoms. The molecule has 0 bridgehead atoms. The zero-order valence-corrected chi connectivity index (χ0v) is 11.0. The summed E-state index contributed by atoms with van der Waals surface area (Å²) in [7, 11) is 0. The molecule has 0 fully saturated rings. The highest BCUT2D eigenvalue weighted by Crippen LogP contribution is 2.15. The predicted molar refractivity (Wildman–Crippen MR) is 70.0 cm³/mol. The third-order valence-electron chi connectivity index (χ3n) is 2.02. The summed E-state index contributed by atoms with van der Waals surface area (Å²) in [6.07, 6.45) is 1.87. The van der Waals surface area contributed by atoms with Gasteiger partial charge in [-0.05, 0) is 20.1 Å². The number of nitrogens with zero attached hydrogens (tertiary/aromatic N) is 2. The van der Waals surface area contributed by atoms with Gasteiger partial charge >= 0.3 is 0 Å². The van der Waals surface area contributed by atoms with Gasteiger partial charge in [-0.15, -0.1) is 0 Å². The van der Waals surface area contributed by atoms with Gasteiger partial charge in [-0.2, -0.15) is 0 Å². The Morgan fingerprint density at radius 1 is 1.59 bits per heavy atom. The zero-order valence-electron chi connectivity index (χ0n) is 10.2. The van der Waals surface area contributed by atoms with E-state index in [0.29, 0.717) is 23.3 Å². The molecule has 94 valence electrons. The number of hydrogen-bond acceptors (Lipinski definition) is 6. The highest BCUT2D eigenvalue weighted by atomic mass is 32.2. The van der Waals surface area contributed by atoms with Gasteiger partial charge in [-0.1, -0.05) is 11.8 Å². The van der Waals surface area contributed by atoms with E-state index in [0.717, 1.165) is 0 Å². The van der Waals surface area contributed by atoms with E-state index in [1.54, 1.807) is 13.0 Å². The van der Waals surface area contributed by atoms with Crippen molar-refractivity contribution in [2.75, 3.05) is 23.9 Å². The molecule has 1 atom stereocenters. The predicted octanol–water partition coefficient (Wildman–Crippen LogP) is 0.717. The van der Waals surface area contributed by atoms with Crippen LogP contribution in [0.25, 0.3) is 0 Å². The summed E-state index contributed by atoms with van der Waals surface area (Å²) in [5.41, 5.74) is 5.64. The molecule has 1 unspecified atom stereocenters. The Balaban J connectivity index is 2.73. The summed E-state index contributed by atoms with van der Waals surface area (Å²) in [6.45, 7) is 4.24. The lowest BCUT2D eigenvalue weighted by molar-refractivity contribution is -0.121. The van der Waals surface area contributed by atoms with Crippen LogP contribution in [0.5, 0.6) is 0 Å². The number of nitrogens with one attached hydrogen (secondary N) is 2. The number of nitrogens with two attached hydrogens (primary N) is 1. The summed E-state index contributed by atoms with van der Waals surface area (Å²) < 4.78 is 0. The number of rotatable bonds is 5. The molecule has 0 aliphatic rings. The van der Waals surface area contributed by atoms with Gasteiger partial charge in [0.1, 0.15) is 17.7 Å². The van der Waals surface area contributed by atoms with Gasteiger partial charge < -0.3 is 16.4 Å². The maximum atomic E-state index is 11.5. The van der Waals surface area contributed by atoms with Gasteiger partial charge in [0, 0.05) is 12.6 Å². The van der Waals surface area contributed by atoms with Crippen molar-refractivity contribution in [1.29, 1.82) is 0 Å². The Labute approximate surface area is 105 Å². The third-order valence-corrected chi connectivity index (χ3v) is 2.56. The van der Waals surface area contributed by atoms with Crippen LogP contribution in [0, 0.1) is 0 Å². The van der Waals surface area contributed by atoms with Gasteiger partial charge in [0.2, 0.25) is 5.91 Å². The number of carbonyl (C=O) groups excluding carboxylic acids is 1. The smallest absolute Gasteiger partial charge is 0.242 e. The second-order valence-corrected chi connectivity index (χ2v) is 4.20. The SMILES string of the molecule is CCNC(=O)C(C)Nc1cc(N)nc(SC)n1. The first-order chi connectivity index (χ1) is 8.06. The number of hydrogen-bond donors (Lipinski definition) is 3. The Hall–Kier alpha value is -1.50. The highest BCUT2D eigenvalue weighted by Gasteiger charge is 2.12. The van der Waals surface area contributed by atoms with E-state index in [-0.39, 0.29) is 11.9 Å². The van der Waals surface area contributed by atoms with Crippen molar-refractivity contribution in [3.8, 4) is 0 Å². The van der Waals surface area contributed by atoms with Crippen LogP contribution in [0.1, 0.15) is 13.8 Å². The quantitative estimate of drug-likeness (QED) is 0.530.